The highest BCUT2D eigenvalue weighted by molar-refractivity contribution is 6.05. The van der Waals surface area contributed by atoms with E-state index in [0.717, 1.165) is 18.7 Å². The van der Waals surface area contributed by atoms with E-state index < -0.39 is 5.41 Å². The van der Waals surface area contributed by atoms with E-state index in [9.17, 15) is 9.59 Å². The number of nitrogens with zero attached hydrogens (tertiary/aromatic N) is 2. The third-order valence-electron chi connectivity index (χ3n) is 4.90. The molecule has 0 unspecified atom stereocenters. The van der Waals surface area contributed by atoms with E-state index in [1.807, 2.05) is 31.5 Å². The second kappa shape index (κ2) is 7.94. The molecule has 1 aliphatic rings. The molecule has 6 nitrogen and oxygen atoms in total. The lowest BCUT2D eigenvalue weighted by molar-refractivity contribution is -0.123. The van der Waals surface area contributed by atoms with Gasteiger partial charge in [-0.25, -0.2) is 4.68 Å². The molecule has 1 aromatic carbocycles. The molecular formula is C21H28N4O2. The van der Waals surface area contributed by atoms with Gasteiger partial charge in [-0.15, -0.1) is 0 Å². The molecule has 0 bridgehead atoms. The quantitative estimate of drug-likeness (QED) is 0.826. The molecule has 2 N–H and O–H groups in total. The maximum absolute atomic E-state index is 12.7. The van der Waals surface area contributed by atoms with Gasteiger partial charge < -0.3 is 10.6 Å². The molecule has 1 heterocycles. The van der Waals surface area contributed by atoms with Gasteiger partial charge in [0, 0.05) is 22.7 Å². The van der Waals surface area contributed by atoms with Gasteiger partial charge >= 0.3 is 0 Å². The first kappa shape index (κ1) is 19.1. The summed E-state index contributed by atoms with van der Waals surface area (Å²) in [5.74, 6) is 0.422. The SMILES string of the molecule is CC(C)(C)C(=O)Nc1cccc(C(=O)Nc2ccnn2C2CCCCC2)c1. The van der Waals surface area contributed by atoms with Crippen LogP contribution < -0.4 is 10.6 Å². The molecule has 3 rings (SSSR count). The lowest BCUT2D eigenvalue weighted by Gasteiger charge is -2.24. The first-order valence-electron chi connectivity index (χ1n) is 9.61. The monoisotopic (exact) mass is 368 g/mol. The van der Waals surface area contributed by atoms with Crippen molar-refractivity contribution >= 4 is 23.3 Å². The van der Waals surface area contributed by atoms with E-state index in [0.29, 0.717) is 17.3 Å². The van der Waals surface area contributed by atoms with Gasteiger partial charge in [0.2, 0.25) is 5.91 Å². The van der Waals surface area contributed by atoms with Crippen molar-refractivity contribution in [1.82, 2.24) is 9.78 Å². The number of aromatic nitrogens is 2. The Morgan fingerprint density at radius 1 is 1.07 bits per heavy atom. The van der Waals surface area contributed by atoms with Crippen molar-refractivity contribution in [3.63, 3.8) is 0 Å². The fourth-order valence-corrected chi connectivity index (χ4v) is 3.28. The Morgan fingerprint density at radius 2 is 1.81 bits per heavy atom. The number of nitrogens with one attached hydrogen (secondary N) is 2. The molecule has 0 atom stereocenters. The van der Waals surface area contributed by atoms with Crippen molar-refractivity contribution < 1.29 is 9.59 Å². The summed E-state index contributed by atoms with van der Waals surface area (Å²) in [5.41, 5.74) is 0.617. The average Bonchev–Trinajstić information content (AvgIpc) is 3.10. The van der Waals surface area contributed by atoms with Crippen LogP contribution in [0.15, 0.2) is 36.5 Å². The standard InChI is InChI=1S/C21H28N4O2/c1-21(2,3)20(27)23-16-9-7-8-15(14-16)19(26)24-18-12-13-22-25(18)17-10-5-4-6-11-17/h7-9,12-14,17H,4-6,10-11H2,1-3H3,(H,23,27)(H,24,26). The van der Waals surface area contributed by atoms with Gasteiger partial charge in [-0.1, -0.05) is 46.1 Å². The van der Waals surface area contributed by atoms with Crippen molar-refractivity contribution in [2.75, 3.05) is 10.6 Å². The third-order valence-corrected chi connectivity index (χ3v) is 4.90. The van der Waals surface area contributed by atoms with E-state index in [4.69, 9.17) is 0 Å². The molecule has 0 saturated heterocycles. The number of hydrogen-bond acceptors (Lipinski definition) is 3. The van der Waals surface area contributed by atoms with Gasteiger partial charge in [0.25, 0.3) is 5.91 Å². The summed E-state index contributed by atoms with van der Waals surface area (Å²) in [6, 6.07) is 9.17. The van der Waals surface area contributed by atoms with E-state index in [1.54, 1.807) is 30.5 Å². The Morgan fingerprint density at radius 3 is 2.52 bits per heavy atom. The molecule has 0 radical (unpaired) electrons. The molecule has 1 aromatic heterocycles. The molecule has 1 aliphatic carbocycles. The van der Waals surface area contributed by atoms with Gasteiger partial charge in [-0.05, 0) is 31.0 Å². The molecule has 0 aliphatic heterocycles. The maximum atomic E-state index is 12.7. The van der Waals surface area contributed by atoms with Gasteiger partial charge in [-0.3, -0.25) is 9.59 Å². The van der Waals surface area contributed by atoms with Crippen LogP contribution in [0.5, 0.6) is 0 Å². The van der Waals surface area contributed by atoms with Gasteiger partial charge in [0.05, 0.1) is 12.2 Å². The second-order valence-corrected chi connectivity index (χ2v) is 8.19. The van der Waals surface area contributed by atoms with Crippen LogP contribution in [0.1, 0.15) is 69.3 Å². The number of carbonyl (C=O) groups is 2. The highest BCUT2D eigenvalue weighted by Gasteiger charge is 2.22. The highest BCUT2D eigenvalue weighted by atomic mass is 16.2. The van der Waals surface area contributed by atoms with Crippen LogP contribution in [0.25, 0.3) is 0 Å². The van der Waals surface area contributed by atoms with Crippen LogP contribution in [-0.2, 0) is 4.79 Å². The number of benzene rings is 1. The van der Waals surface area contributed by atoms with E-state index >= 15 is 0 Å². The van der Waals surface area contributed by atoms with Crippen molar-refractivity contribution in [3.8, 4) is 0 Å². The molecule has 1 fully saturated rings. The van der Waals surface area contributed by atoms with Crippen LogP contribution in [0.2, 0.25) is 0 Å². The van der Waals surface area contributed by atoms with Crippen LogP contribution >= 0.6 is 0 Å². The molecule has 6 heteroatoms. The summed E-state index contributed by atoms with van der Waals surface area (Å²) < 4.78 is 1.93. The van der Waals surface area contributed by atoms with Crippen molar-refractivity contribution in [1.29, 1.82) is 0 Å². The van der Waals surface area contributed by atoms with Gasteiger partial charge in [0.15, 0.2) is 0 Å². The number of amides is 2. The van der Waals surface area contributed by atoms with Gasteiger partial charge in [-0.2, -0.15) is 5.10 Å². The van der Waals surface area contributed by atoms with E-state index in [-0.39, 0.29) is 11.8 Å². The Hall–Kier alpha value is -2.63. The molecule has 2 aromatic rings. The number of carbonyl (C=O) groups excluding carboxylic acids is 2. The van der Waals surface area contributed by atoms with Crippen LogP contribution in [0.3, 0.4) is 0 Å². The van der Waals surface area contributed by atoms with Crippen molar-refractivity contribution in [2.24, 2.45) is 5.41 Å². The molecule has 2 amide bonds. The molecular weight excluding hydrogens is 340 g/mol. The van der Waals surface area contributed by atoms with E-state index in [1.165, 1.54) is 19.3 Å². The minimum absolute atomic E-state index is 0.0876. The van der Waals surface area contributed by atoms with Crippen molar-refractivity contribution in [2.45, 2.75) is 58.9 Å². The third kappa shape index (κ3) is 4.76. The Balaban J connectivity index is 1.71. The summed E-state index contributed by atoms with van der Waals surface area (Å²) in [4.78, 5) is 24.9. The first-order chi connectivity index (χ1) is 12.8. The molecule has 1 saturated carbocycles. The minimum Gasteiger partial charge on any atom is -0.326 e. The number of hydrogen-bond donors (Lipinski definition) is 2. The summed E-state index contributed by atoms with van der Waals surface area (Å²) >= 11 is 0. The zero-order valence-corrected chi connectivity index (χ0v) is 16.3. The predicted molar refractivity (Wildman–Crippen MR) is 107 cm³/mol. The first-order valence-corrected chi connectivity index (χ1v) is 9.61. The highest BCUT2D eigenvalue weighted by Crippen LogP contribution is 2.30. The fourth-order valence-electron chi connectivity index (χ4n) is 3.28. The zero-order chi connectivity index (χ0) is 19.4. The lowest BCUT2D eigenvalue weighted by Crippen LogP contribution is -2.27. The van der Waals surface area contributed by atoms with Crippen LogP contribution in [0, 0.1) is 5.41 Å². The minimum atomic E-state index is -0.495. The van der Waals surface area contributed by atoms with Crippen molar-refractivity contribution in [3.05, 3.63) is 42.1 Å². The number of anilines is 2. The number of rotatable bonds is 4. The zero-order valence-electron chi connectivity index (χ0n) is 16.3. The molecule has 0 spiro atoms. The Bertz CT molecular complexity index is 814. The molecule has 144 valence electrons. The maximum Gasteiger partial charge on any atom is 0.256 e. The second-order valence-electron chi connectivity index (χ2n) is 8.19. The average molecular weight is 368 g/mol. The summed E-state index contributed by atoms with van der Waals surface area (Å²) in [6.07, 6.45) is 7.59. The molecule has 27 heavy (non-hydrogen) atoms. The predicted octanol–water partition coefficient (Wildman–Crippen LogP) is 4.63. The lowest BCUT2D eigenvalue weighted by atomic mass is 9.95. The summed E-state index contributed by atoms with van der Waals surface area (Å²) in [7, 11) is 0. The normalized spacial score (nSPS) is 15.4. The summed E-state index contributed by atoms with van der Waals surface area (Å²) in [5, 5.41) is 10.2. The topological polar surface area (TPSA) is 76.0 Å². The fraction of sp³-hybridized carbons (Fsp3) is 0.476. The van der Waals surface area contributed by atoms with Crippen LogP contribution in [-0.4, -0.2) is 21.6 Å². The summed E-state index contributed by atoms with van der Waals surface area (Å²) in [6.45, 7) is 5.56. The van der Waals surface area contributed by atoms with E-state index in [2.05, 4.69) is 15.7 Å². The largest absolute Gasteiger partial charge is 0.326 e. The Kier molecular flexibility index (Phi) is 5.63. The van der Waals surface area contributed by atoms with Gasteiger partial charge in [0.1, 0.15) is 5.82 Å². The smallest absolute Gasteiger partial charge is 0.256 e. The Labute approximate surface area is 160 Å². The van der Waals surface area contributed by atoms with Crippen LogP contribution in [0.4, 0.5) is 11.5 Å².